The van der Waals surface area contributed by atoms with Crippen molar-refractivity contribution in [3.63, 3.8) is 0 Å². The molecule has 0 saturated carbocycles. The molecule has 3 nitrogen and oxygen atoms in total. The van der Waals surface area contributed by atoms with E-state index in [1.54, 1.807) is 0 Å². The number of carbonyl (C=O) groups is 1. The highest BCUT2D eigenvalue weighted by Gasteiger charge is 2.33. The Labute approximate surface area is 94.8 Å². The van der Waals surface area contributed by atoms with E-state index in [1.807, 2.05) is 18.2 Å². The third-order valence-electron chi connectivity index (χ3n) is 3.57. The Kier molecular flexibility index (Phi) is 2.40. The van der Waals surface area contributed by atoms with E-state index in [4.69, 9.17) is 4.74 Å². The first kappa shape index (κ1) is 9.85. The number of hydrogen-bond donors (Lipinski definition) is 1. The minimum Gasteiger partial charge on any atom is -0.381 e. The molecule has 1 amide bonds. The third-order valence-corrected chi connectivity index (χ3v) is 3.57. The molecule has 16 heavy (non-hydrogen) atoms. The average Bonchev–Trinajstić information content (AvgIpc) is 2.81. The standard InChI is InChI=1S/C13H15NO2/c15-13-7-11(9-5-6-16-8-9)10-3-1-2-4-12(10)14-13/h1-4,9,11H,5-8H2,(H,14,15)/t9-,11+/m1/s1. The molecule has 3 rings (SSSR count). The van der Waals surface area contributed by atoms with Gasteiger partial charge in [-0.05, 0) is 29.9 Å². The molecular formula is C13H15NO2. The molecule has 84 valence electrons. The summed E-state index contributed by atoms with van der Waals surface area (Å²) < 4.78 is 5.43. The Morgan fingerprint density at radius 2 is 2.19 bits per heavy atom. The van der Waals surface area contributed by atoms with Gasteiger partial charge in [0.05, 0.1) is 6.61 Å². The SMILES string of the molecule is O=C1C[C@@H]([C@@H]2CCOC2)c2ccccc2N1. The summed E-state index contributed by atoms with van der Waals surface area (Å²) in [7, 11) is 0. The van der Waals surface area contributed by atoms with Gasteiger partial charge in [-0.2, -0.15) is 0 Å². The molecule has 3 heteroatoms. The first-order chi connectivity index (χ1) is 7.84. The number of rotatable bonds is 1. The van der Waals surface area contributed by atoms with E-state index >= 15 is 0 Å². The molecule has 0 radical (unpaired) electrons. The number of ether oxygens (including phenoxy) is 1. The number of para-hydroxylation sites is 1. The molecular weight excluding hydrogens is 202 g/mol. The van der Waals surface area contributed by atoms with E-state index in [2.05, 4.69) is 11.4 Å². The van der Waals surface area contributed by atoms with Crippen LogP contribution in [0, 0.1) is 5.92 Å². The summed E-state index contributed by atoms with van der Waals surface area (Å²) in [6.07, 6.45) is 1.68. The second kappa shape index (κ2) is 3.91. The van der Waals surface area contributed by atoms with Crippen molar-refractivity contribution in [3.8, 4) is 0 Å². The smallest absolute Gasteiger partial charge is 0.225 e. The van der Waals surface area contributed by atoms with Gasteiger partial charge in [-0.25, -0.2) is 0 Å². The van der Waals surface area contributed by atoms with Gasteiger partial charge in [0, 0.05) is 18.7 Å². The molecule has 1 aromatic carbocycles. The zero-order valence-electron chi connectivity index (χ0n) is 9.11. The molecule has 1 fully saturated rings. The highest BCUT2D eigenvalue weighted by Crippen LogP contribution is 2.39. The molecule has 2 atom stereocenters. The second-order valence-corrected chi connectivity index (χ2v) is 4.57. The van der Waals surface area contributed by atoms with Crippen LogP contribution < -0.4 is 5.32 Å². The van der Waals surface area contributed by atoms with Gasteiger partial charge in [0.2, 0.25) is 5.91 Å². The Morgan fingerprint density at radius 3 is 3.00 bits per heavy atom. The molecule has 2 aliphatic rings. The minimum atomic E-state index is 0.135. The molecule has 0 aliphatic carbocycles. The predicted molar refractivity (Wildman–Crippen MR) is 61.4 cm³/mol. The summed E-state index contributed by atoms with van der Waals surface area (Å²) in [5, 5.41) is 2.93. The van der Waals surface area contributed by atoms with Gasteiger partial charge < -0.3 is 10.1 Å². The molecule has 2 aliphatic heterocycles. The summed E-state index contributed by atoms with van der Waals surface area (Å²) in [6, 6.07) is 8.11. The van der Waals surface area contributed by atoms with Crippen molar-refractivity contribution in [2.75, 3.05) is 18.5 Å². The van der Waals surface area contributed by atoms with Gasteiger partial charge in [0.25, 0.3) is 0 Å². The quantitative estimate of drug-likeness (QED) is 0.782. The molecule has 0 unspecified atom stereocenters. The molecule has 0 bridgehead atoms. The molecule has 0 spiro atoms. The van der Waals surface area contributed by atoms with E-state index in [-0.39, 0.29) is 5.91 Å². The van der Waals surface area contributed by atoms with Crippen LogP contribution in [-0.4, -0.2) is 19.1 Å². The Hall–Kier alpha value is -1.35. The van der Waals surface area contributed by atoms with Crippen molar-refractivity contribution < 1.29 is 9.53 Å². The average molecular weight is 217 g/mol. The lowest BCUT2D eigenvalue weighted by molar-refractivity contribution is -0.117. The zero-order valence-corrected chi connectivity index (χ0v) is 9.11. The van der Waals surface area contributed by atoms with Crippen LogP contribution in [0.15, 0.2) is 24.3 Å². The van der Waals surface area contributed by atoms with Crippen molar-refractivity contribution in [2.45, 2.75) is 18.8 Å². The van der Waals surface area contributed by atoms with Crippen molar-refractivity contribution >= 4 is 11.6 Å². The monoisotopic (exact) mass is 217 g/mol. The summed E-state index contributed by atoms with van der Waals surface area (Å²) in [5.74, 6) is 0.982. The van der Waals surface area contributed by atoms with Crippen LogP contribution >= 0.6 is 0 Å². The number of fused-ring (bicyclic) bond motifs is 1. The summed E-state index contributed by atoms with van der Waals surface area (Å²) in [4.78, 5) is 11.6. The molecule has 1 aromatic rings. The van der Waals surface area contributed by atoms with Crippen molar-refractivity contribution in [1.29, 1.82) is 0 Å². The number of benzene rings is 1. The maximum Gasteiger partial charge on any atom is 0.225 e. The summed E-state index contributed by atoms with van der Waals surface area (Å²) >= 11 is 0. The maximum atomic E-state index is 11.6. The normalized spacial score (nSPS) is 28.6. The van der Waals surface area contributed by atoms with E-state index in [1.165, 1.54) is 5.56 Å². The molecule has 0 aromatic heterocycles. The maximum absolute atomic E-state index is 11.6. The number of amides is 1. The van der Waals surface area contributed by atoms with E-state index in [0.717, 1.165) is 25.3 Å². The topological polar surface area (TPSA) is 38.3 Å². The Bertz CT molecular complexity index is 410. The van der Waals surface area contributed by atoms with Gasteiger partial charge in [-0.3, -0.25) is 4.79 Å². The lowest BCUT2D eigenvalue weighted by atomic mass is 9.80. The van der Waals surface area contributed by atoms with Crippen LogP contribution in [0.3, 0.4) is 0 Å². The molecule has 1 saturated heterocycles. The van der Waals surface area contributed by atoms with Crippen LogP contribution in [-0.2, 0) is 9.53 Å². The Balaban J connectivity index is 1.96. The van der Waals surface area contributed by atoms with Crippen LogP contribution in [0.25, 0.3) is 0 Å². The number of hydrogen-bond acceptors (Lipinski definition) is 2. The highest BCUT2D eigenvalue weighted by molar-refractivity contribution is 5.94. The molecule has 2 heterocycles. The third kappa shape index (κ3) is 1.61. The largest absolute Gasteiger partial charge is 0.381 e. The van der Waals surface area contributed by atoms with Crippen molar-refractivity contribution in [1.82, 2.24) is 0 Å². The van der Waals surface area contributed by atoms with Gasteiger partial charge in [-0.15, -0.1) is 0 Å². The van der Waals surface area contributed by atoms with Crippen molar-refractivity contribution in [2.24, 2.45) is 5.92 Å². The number of anilines is 1. The minimum absolute atomic E-state index is 0.135. The summed E-state index contributed by atoms with van der Waals surface area (Å²) in [6.45, 7) is 1.64. The lowest BCUT2D eigenvalue weighted by Crippen LogP contribution is -2.27. The van der Waals surface area contributed by atoms with Gasteiger partial charge in [0.15, 0.2) is 0 Å². The van der Waals surface area contributed by atoms with Crippen LogP contribution in [0.4, 0.5) is 5.69 Å². The molecule has 1 N–H and O–H groups in total. The van der Waals surface area contributed by atoms with Crippen LogP contribution in [0.1, 0.15) is 24.3 Å². The predicted octanol–water partition coefficient (Wildman–Crippen LogP) is 2.15. The van der Waals surface area contributed by atoms with Gasteiger partial charge in [-0.1, -0.05) is 18.2 Å². The lowest BCUT2D eigenvalue weighted by Gasteiger charge is -2.29. The fraction of sp³-hybridized carbons (Fsp3) is 0.462. The highest BCUT2D eigenvalue weighted by atomic mass is 16.5. The second-order valence-electron chi connectivity index (χ2n) is 4.57. The fourth-order valence-electron chi connectivity index (χ4n) is 2.74. The first-order valence-corrected chi connectivity index (χ1v) is 5.81. The van der Waals surface area contributed by atoms with Crippen LogP contribution in [0.5, 0.6) is 0 Å². The van der Waals surface area contributed by atoms with Gasteiger partial charge in [0.1, 0.15) is 0 Å². The zero-order chi connectivity index (χ0) is 11.0. The van der Waals surface area contributed by atoms with E-state index < -0.39 is 0 Å². The Morgan fingerprint density at radius 1 is 1.31 bits per heavy atom. The first-order valence-electron chi connectivity index (χ1n) is 5.81. The fourth-order valence-corrected chi connectivity index (χ4v) is 2.74. The van der Waals surface area contributed by atoms with E-state index in [0.29, 0.717) is 18.3 Å². The van der Waals surface area contributed by atoms with E-state index in [9.17, 15) is 4.79 Å². The van der Waals surface area contributed by atoms with Crippen LogP contribution in [0.2, 0.25) is 0 Å². The number of carbonyl (C=O) groups excluding carboxylic acids is 1. The van der Waals surface area contributed by atoms with Gasteiger partial charge >= 0.3 is 0 Å². The number of nitrogens with one attached hydrogen (secondary N) is 1. The summed E-state index contributed by atoms with van der Waals surface area (Å²) in [5.41, 5.74) is 2.26. The van der Waals surface area contributed by atoms with Crippen molar-refractivity contribution in [3.05, 3.63) is 29.8 Å².